The molecule has 0 bridgehead atoms. The summed E-state index contributed by atoms with van der Waals surface area (Å²) in [6, 6.07) is 0. The molecule has 0 amide bonds. The molecule has 4 aliphatic rings. The summed E-state index contributed by atoms with van der Waals surface area (Å²) in [6.45, 7) is 13.9. The van der Waals surface area contributed by atoms with Crippen molar-refractivity contribution in [1.82, 2.24) is 0 Å². The Kier molecular flexibility index (Phi) is 7.33. The molecule has 3 atom stereocenters. The first-order valence-corrected chi connectivity index (χ1v) is 17.1. The van der Waals surface area contributed by atoms with Gasteiger partial charge in [0.2, 0.25) is 0 Å². The van der Waals surface area contributed by atoms with Crippen LogP contribution in [0.15, 0.2) is 22.8 Å². The fraction of sp³-hybridized carbons (Fsp3) is 0.769. The number of aldehydes is 1. The van der Waals surface area contributed by atoms with Gasteiger partial charge in [0.15, 0.2) is 31.1 Å². The second-order valence-corrected chi connectivity index (χ2v) is 13.1. The van der Waals surface area contributed by atoms with Crippen LogP contribution in [0.1, 0.15) is 66.2 Å². The van der Waals surface area contributed by atoms with Crippen LogP contribution in [0.25, 0.3) is 0 Å². The van der Waals surface area contributed by atoms with Gasteiger partial charge >= 0.3 is 0 Å². The summed E-state index contributed by atoms with van der Waals surface area (Å²) in [5, 5.41) is 0. The van der Waals surface area contributed by atoms with Crippen LogP contribution in [0.5, 0.6) is 0 Å². The maximum Gasteiger partial charge on any atom is 0.188 e. The van der Waals surface area contributed by atoms with Crippen molar-refractivity contribution in [2.45, 2.75) is 90.9 Å². The Morgan fingerprint density at radius 3 is 2.26 bits per heavy atom. The Morgan fingerprint density at radius 2 is 1.71 bits per heavy atom. The zero-order valence-corrected chi connectivity index (χ0v) is 24.7. The first kappa shape index (κ1) is 26.2. The van der Waals surface area contributed by atoms with E-state index < -0.39 is 36.5 Å². The topological polar surface area (TPSA) is 71.1 Å². The first-order valence-electron chi connectivity index (χ1n) is 13.1. The number of ether oxygens (including phenoxy) is 2. The number of fused-ring (bicyclic) bond motifs is 1. The highest BCUT2D eigenvalue weighted by Gasteiger charge is 2.67. The average molecular weight is 507 g/mol. The highest BCUT2D eigenvalue weighted by Crippen LogP contribution is 2.61. The molecule has 1 aliphatic heterocycles. The number of carbonyl (C=O) groups excluding carboxylic acids is 2. The van der Waals surface area contributed by atoms with Crippen LogP contribution in [-0.4, -0.2) is 56.4 Å². The molecule has 8 heteroatoms. The molecule has 0 N–H and O–H groups in total. The van der Waals surface area contributed by atoms with Crippen molar-refractivity contribution in [3.63, 3.8) is 0 Å². The van der Waals surface area contributed by atoms with E-state index >= 15 is 0 Å². The molecule has 0 aromatic heterocycles. The zero-order chi connectivity index (χ0) is 24.8. The van der Waals surface area contributed by atoms with Gasteiger partial charge in [0, 0.05) is 18.3 Å². The minimum Gasteiger partial charge on any atom is -0.397 e. The summed E-state index contributed by atoms with van der Waals surface area (Å²) < 4.78 is 25.1. The Labute approximate surface area is 209 Å². The van der Waals surface area contributed by atoms with Crippen molar-refractivity contribution in [3.05, 3.63) is 22.8 Å². The fourth-order valence-corrected chi connectivity index (χ4v) is 10.0. The van der Waals surface area contributed by atoms with Gasteiger partial charge in [0.1, 0.15) is 12.1 Å². The highest BCUT2D eigenvalue weighted by atomic mass is 28.2. The quantitative estimate of drug-likeness (QED) is 0.300. The van der Waals surface area contributed by atoms with Gasteiger partial charge in [-0.3, -0.25) is 9.59 Å². The second kappa shape index (κ2) is 9.52. The van der Waals surface area contributed by atoms with Gasteiger partial charge in [-0.25, -0.2) is 0 Å². The fourth-order valence-electron chi connectivity index (χ4n) is 7.44. The molecule has 2 fully saturated rings. The molecule has 6 nitrogen and oxygen atoms in total. The number of rotatable bonds is 7. The van der Waals surface area contributed by atoms with E-state index in [1.807, 2.05) is 0 Å². The molecular formula is C26H42O6Si2. The van der Waals surface area contributed by atoms with E-state index in [0.717, 1.165) is 49.5 Å². The molecule has 1 saturated carbocycles. The molecule has 3 unspecified atom stereocenters. The van der Waals surface area contributed by atoms with Crippen LogP contribution < -0.4 is 0 Å². The van der Waals surface area contributed by atoms with Crippen molar-refractivity contribution in [2.75, 3.05) is 13.2 Å². The normalized spacial score (nSPS) is 33.8. The number of Topliss-reactive ketones (excluding diaryl/α,β-unsaturated/α-hetero) is 1. The van der Waals surface area contributed by atoms with Crippen LogP contribution in [0.3, 0.4) is 0 Å². The Hall–Kier alpha value is -0.906. The second-order valence-electron chi connectivity index (χ2n) is 11.4. The SMILES string of the molecule is C[SiH2]OC(O[SiH2]C)(C(C)(C)C)C1(C)C(=O)CCC1C1CCC2=CC3(CCC2=C1C=O)OCCO3. The first-order chi connectivity index (χ1) is 16.1. The maximum atomic E-state index is 13.8. The molecule has 3 aliphatic carbocycles. The molecule has 190 valence electrons. The van der Waals surface area contributed by atoms with E-state index in [-0.39, 0.29) is 23.0 Å². The van der Waals surface area contributed by atoms with Crippen molar-refractivity contribution in [2.24, 2.45) is 22.7 Å². The van der Waals surface area contributed by atoms with Gasteiger partial charge in [0.05, 0.1) is 18.6 Å². The lowest BCUT2D eigenvalue weighted by molar-refractivity contribution is -0.263. The number of ketones is 1. The maximum absolute atomic E-state index is 13.8. The van der Waals surface area contributed by atoms with E-state index in [0.29, 0.717) is 19.6 Å². The lowest BCUT2D eigenvalue weighted by atomic mass is 9.57. The molecule has 1 heterocycles. The summed E-state index contributed by atoms with van der Waals surface area (Å²) in [5.41, 5.74) is 2.06. The Balaban J connectivity index is 1.79. The van der Waals surface area contributed by atoms with E-state index in [1.54, 1.807) is 0 Å². The summed E-state index contributed by atoms with van der Waals surface area (Å²) >= 11 is 0. The predicted molar refractivity (Wildman–Crippen MR) is 137 cm³/mol. The predicted octanol–water partition coefficient (Wildman–Crippen LogP) is 3.38. The monoisotopic (exact) mass is 506 g/mol. The summed E-state index contributed by atoms with van der Waals surface area (Å²) in [7, 11) is -1.71. The van der Waals surface area contributed by atoms with Gasteiger partial charge in [0.25, 0.3) is 0 Å². The minimum absolute atomic E-state index is 0.0180. The van der Waals surface area contributed by atoms with Crippen LogP contribution in [-0.2, 0) is 27.9 Å². The number of hydrogen-bond donors (Lipinski definition) is 0. The summed E-state index contributed by atoms with van der Waals surface area (Å²) in [5.74, 6) is -1.28. The van der Waals surface area contributed by atoms with Gasteiger partial charge in [-0.1, -0.05) is 33.9 Å². The summed E-state index contributed by atoms with van der Waals surface area (Å²) in [4.78, 5) is 26.4. The standard InChI is InChI=1S/C26H42O6Si2/c1-23(2,3)26(31-33-5,32-34-6)24(4)21(9-10-22(24)28)19-8-7-17-15-25(29-13-14-30-25)12-11-18(17)20(19)16-27/h15-16,19,21H,7-14,33-34H2,1-6H3. The van der Waals surface area contributed by atoms with Crippen molar-refractivity contribution >= 4 is 31.6 Å². The zero-order valence-electron chi connectivity index (χ0n) is 21.8. The molecular weight excluding hydrogens is 464 g/mol. The molecule has 1 saturated heterocycles. The van der Waals surface area contributed by atoms with E-state index in [4.69, 9.17) is 18.3 Å². The van der Waals surface area contributed by atoms with E-state index in [1.165, 1.54) is 5.57 Å². The van der Waals surface area contributed by atoms with Crippen LogP contribution >= 0.6 is 0 Å². The molecule has 0 aromatic rings. The van der Waals surface area contributed by atoms with Crippen molar-refractivity contribution in [3.8, 4) is 0 Å². The van der Waals surface area contributed by atoms with E-state index in [9.17, 15) is 9.59 Å². The Bertz CT molecular complexity index is 876. The summed E-state index contributed by atoms with van der Waals surface area (Å²) in [6.07, 6.45) is 7.71. The van der Waals surface area contributed by atoms with E-state index in [2.05, 4.69) is 46.9 Å². The van der Waals surface area contributed by atoms with Crippen molar-refractivity contribution < 1.29 is 27.9 Å². The highest BCUT2D eigenvalue weighted by molar-refractivity contribution is 6.26. The van der Waals surface area contributed by atoms with Crippen LogP contribution in [0, 0.1) is 22.7 Å². The van der Waals surface area contributed by atoms with Gasteiger partial charge in [-0.15, -0.1) is 0 Å². The third-order valence-corrected chi connectivity index (χ3v) is 10.1. The molecule has 1 spiro atoms. The number of allylic oxidation sites excluding steroid dienone is 3. The lowest BCUT2D eigenvalue weighted by Gasteiger charge is -2.57. The van der Waals surface area contributed by atoms with Crippen LogP contribution in [0.2, 0.25) is 13.1 Å². The van der Waals surface area contributed by atoms with Gasteiger partial charge < -0.3 is 18.3 Å². The molecule has 0 radical (unpaired) electrons. The molecule has 0 aromatic carbocycles. The molecule has 4 rings (SSSR count). The smallest absolute Gasteiger partial charge is 0.188 e. The van der Waals surface area contributed by atoms with Crippen LogP contribution in [0.4, 0.5) is 0 Å². The van der Waals surface area contributed by atoms with Crippen molar-refractivity contribution in [1.29, 1.82) is 0 Å². The molecule has 34 heavy (non-hydrogen) atoms. The lowest BCUT2D eigenvalue weighted by Crippen LogP contribution is -2.64. The Morgan fingerprint density at radius 1 is 1.06 bits per heavy atom. The third kappa shape index (κ3) is 3.89. The average Bonchev–Trinajstić information content (AvgIpc) is 3.36. The van der Waals surface area contributed by atoms with Gasteiger partial charge in [-0.2, -0.15) is 0 Å². The van der Waals surface area contributed by atoms with Gasteiger partial charge in [-0.05, 0) is 67.2 Å². The largest absolute Gasteiger partial charge is 0.397 e. The number of carbonyl (C=O) groups is 2. The number of hydrogen-bond acceptors (Lipinski definition) is 6. The third-order valence-electron chi connectivity index (χ3n) is 8.74. The minimum atomic E-state index is -0.947.